The van der Waals surface area contributed by atoms with Crippen LogP contribution >= 0.6 is 0 Å². The van der Waals surface area contributed by atoms with Gasteiger partial charge in [0.2, 0.25) is 5.91 Å². The van der Waals surface area contributed by atoms with Crippen LogP contribution in [0.25, 0.3) is 17.2 Å². The van der Waals surface area contributed by atoms with E-state index in [1.54, 1.807) is 36.8 Å². The molecule has 0 aliphatic carbocycles. The third kappa shape index (κ3) is 6.99. The highest BCUT2D eigenvalue weighted by atomic mass is 32.2. The zero-order valence-electron chi connectivity index (χ0n) is 22.3. The fourth-order valence-corrected chi connectivity index (χ4v) is 5.95. The summed E-state index contributed by atoms with van der Waals surface area (Å²) >= 11 is -1.19. The molecule has 6 nitrogen and oxygen atoms in total. The lowest BCUT2D eigenvalue weighted by Crippen LogP contribution is -2.17. The number of anilines is 2. The quantitative estimate of drug-likeness (QED) is 0.184. The summed E-state index contributed by atoms with van der Waals surface area (Å²) in [6, 6.07) is 24.1. The van der Waals surface area contributed by atoms with Crippen molar-refractivity contribution in [2.45, 2.75) is 43.4 Å². The minimum absolute atomic E-state index is 0.215. The van der Waals surface area contributed by atoms with Crippen LogP contribution in [0, 0.1) is 0 Å². The Morgan fingerprint density at radius 3 is 2.54 bits per heavy atom. The molecule has 1 atom stereocenters. The molecule has 1 unspecified atom stereocenters. The van der Waals surface area contributed by atoms with E-state index in [0.29, 0.717) is 11.4 Å². The Hall–Kier alpha value is -3.81. The zero-order chi connectivity index (χ0) is 27.0. The van der Waals surface area contributed by atoms with Gasteiger partial charge in [-0.1, -0.05) is 37.3 Å². The normalized spacial score (nSPS) is 14.2. The maximum atomic E-state index is 12.8. The zero-order valence-corrected chi connectivity index (χ0v) is 23.1. The topological polar surface area (TPSA) is 73.2 Å². The van der Waals surface area contributed by atoms with Crippen molar-refractivity contribution in [2.75, 3.05) is 23.3 Å². The molecule has 1 aliphatic heterocycles. The molecule has 7 heteroatoms. The highest BCUT2D eigenvalue weighted by Gasteiger charge is 2.15. The Kier molecular flexibility index (Phi) is 8.81. The molecule has 3 aromatic carbocycles. The molecular formula is C32H34N4O2S. The molecule has 0 bridgehead atoms. The number of amides is 1. The van der Waals surface area contributed by atoms with E-state index in [9.17, 15) is 9.35 Å². The van der Waals surface area contributed by atoms with E-state index in [1.165, 1.54) is 24.6 Å². The minimum atomic E-state index is -1.19. The summed E-state index contributed by atoms with van der Waals surface area (Å²) in [4.78, 5) is 19.9. The van der Waals surface area contributed by atoms with Gasteiger partial charge in [-0.15, -0.1) is 0 Å². The van der Waals surface area contributed by atoms with Gasteiger partial charge in [0.1, 0.15) is 0 Å². The number of rotatable bonds is 10. The van der Waals surface area contributed by atoms with Crippen molar-refractivity contribution in [2.24, 2.45) is 0 Å². The van der Waals surface area contributed by atoms with Gasteiger partial charge in [-0.25, -0.2) is 4.98 Å². The number of aromatic nitrogens is 2. The summed E-state index contributed by atoms with van der Waals surface area (Å²) in [6.45, 7) is 5.24. The number of imidazole rings is 1. The second-order valence-electron chi connectivity index (χ2n) is 9.78. The third-order valence-corrected chi connectivity index (χ3v) is 8.27. The van der Waals surface area contributed by atoms with E-state index in [4.69, 9.17) is 0 Å². The predicted molar refractivity (Wildman–Crippen MR) is 160 cm³/mol. The summed E-state index contributed by atoms with van der Waals surface area (Å²) < 4.78 is 14.9. The monoisotopic (exact) mass is 538 g/mol. The first-order valence-electron chi connectivity index (χ1n) is 13.5. The summed E-state index contributed by atoms with van der Waals surface area (Å²) in [5.41, 5.74) is 6.13. The van der Waals surface area contributed by atoms with E-state index >= 15 is 0 Å². The summed E-state index contributed by atoms with van der Waals surface area (Å²) in [6.07, 6.45) is 10.4. The SMILES string of the molecule is CCCn1cncc1C[S+]([O-])c1ccc(NC(=O)/C=C/c2cccc(-c3ccc(N4CCCC4)cc3)c2)cc1. The van der Waals surface area contributed by atoms with Gasteiger partial charge in [-0.3, -0.25) is 4.79 Å². The number of nitrogens with one attached hydrogen (secondary N) is 1. The van der Waals surface area contributed by atoms with Crippen LogP contribution < -0.4 is 10.2 Å². The molecule has 2 heterocycles. The Balaban J connectivity index is 1.16. The summed E-state index contributed by atoms with van der Waals surface area (Å²) in [5, 5.41) is 2.89. The van der Waals surface area contributed by atoms with Gasteiger partial charge >= 0.3 is 0 Å². The molecule has 5 rings (SSSR count). The maximum absolute atomic E-state index is 12.8. The lowest BCUT2D eigenvalue weighted by atomic mass is 10.0. The lowest BCUT2D eigenvalue weighted by molar-refractivity contribution is -0.111. The van der Waals surface area contributed by atoms with Gasteiger partial charge in [0.15, 0.2) is 10.6 Å². The van der Waals surface area contributed by atoms with E-state index in [0.717, 1.165) is 53.3 Å². The molecule has 1 N–H and O–H groups in total. The van der Waals surface area contributed by atoms with Crippen molar-refractivity contribution in [3.05, 3.63) is 103 Å². The third-order valence-electron chi connectivity index (χ3n) is 6.91. The van der Waals surface area contributed by atoms with Crippen LogP contribution in [0.4, 0.5) is 11.4 Å². The molecule has 4 aromatic rings. The molecule has 1 amide bonds. The van der Waals surface area contributed by atoms with E-state index < -0.39 is 11.2 Å². The van der Waals surface area contributed by atoms with Gasteiger partial charge in [-0.2, -0.15) is 0 Å². The fraction of sp³-hybridized carbons (Fsp3) is 0.250. The standard InChI is InChI=1S/C32H34N4O2S/c1-2-18-36-24-33-22-30(36)23-39(38)31-15-11-28(12-16-31)34-32(37)17-8-25-6-5-7-27(21-25)26-9-13-29(14-10-26)35-19-3-4-20-35/h5-17,21-22,24H,2-4,18-20,23H2,1H3,(H,34,37)/b17-8+. The molecule has 1 fully saturated rings. The average molecular weight is 539 g/mol. The minimum Gasteiger partial charge on any atom is -0.611 e. The van der Waals surface area contributed by atoms with Crippen LogP contribution in [0.1, 0.15) is 37.4 Å². The number of benzene rings is 3. The van der Waals surface area contributed by atoms with E-state index in [2.05, 4.69) is 58.5 Å². The molecule has 200 valence electrons. The number of carbonyl (C=O) groups excluding carboxylic acids is 1. The number of nitrogens with zero attached hydrogens (tertiary/aromatic N) is 3. The molecule has 0 radical (unpaired) electrons. The van der Waals surface area contributed by atoms with Crippen LogP contribution in [-0.4, -0.2) is 33.1 Å². The first-order chi connectivity index (χ1) is 19.1. The number of hydrogen-bond donors (Lipinski definition) is 1. The van der Waals surface area contributed by atoms with Crippen molar-refractivity contribution < 1.29 is 9.35 Å². The first kappa shape index (κ1) is 26.8. The van der Waals surface area contributed by atoms with E-state index in [1.807, 2.05) is 22.8 Å². The van der Waals surface area contributed by atoms with Gasteiger partial charge in [0.05, 0.1) is 18.2 Å². The van der Waals surface area contributed by atoms with Crippen LogP contribution in [0.15, 0.2) is 96.3 Å². The van der Waals surface area contributed by atoms with Gasteiger partial charge < -0.3 is 19.3 Å². The maximum Gasteiger partial charge on any atom is 0.248 e. The van der Waals surface area contributed by atoms with Gasteiger partial charge in [-0.05, 0) is 95.7 Å². The first-order valence-corrected chi connectivity index (χ1v) is 14.8. The number of aryl methyl sites for hydroxylation is 1. The molecule has 1 aliphatic rings. The van der Waals surface area contributed by atoms with Crippen molar-refractivity contribution in [3.63, 3.8) is 0 Å². The second kappa shape index (κ2) is 12.8. The molecule has 0 saturated carbocycles. The largest absolute Gasteiger partial charge is 0.611 e. The molecule has 1 saturated heterocycles. The molecule has 0 spiro atoms. The van der Waals surface area contributed by atoms with E-state index in [-0.39, 0.29) is 5.91 Å². The van der Waals surface area contributed by atoms with Crippen LogP contribution in [0.5, 0.6) is 0 Å². The summed E-state index contributed by atoms with van der Waals surface area (Å²) in [5.74, 6) is 0.198. The molecular weight excluding hydrogens is 504 g/mol. The second-order valence-corrected chi connectivity index (χ2v) is 11.2. The molecule has 1 aromatic heterocycles. The van der Waals surface area contributed by atoms with Crippen molar-refractivity contribution >= 4 is 34.5 Å². The number of hydrogen-bond acceptors (Lipinski definition) is 4. The van der Waals surface area contributed by atoms with Crippen LogP contribution in [0.2, 0.25) is 0 Å². The highest BCUT2D eigenvalue weighted by Crippen LogP contribution is 2.26. The van der Waals surface area contributed by atoms with Gasteiger partial charge in [0.25, 0.3) is 0 Å². The number of carbonyl (C=O) groups is 1. The van der Waals surface area contributed by atoms with Crippen molar-refractivity contribution in [1.29, 1.82) is 0 Å². The highest BCUT2D eigenvalue weighted by molar-refractivity contribution is 7.90. The molecule has 39 heavy (non-hydrogen) atoms. The Bertz CT molecular complexity index is 1410. The summed E-state index contributed by atoms with van der Waals surface area (Å²) in [7, 11) is 0. The Labute approximate surface area is 233 Å². The fourth-order valence-electron chi connectivity index (χ4n) is 4.84. The Morgan fingerprint density at radius 1 is 1.03 bits per heavy atom. The van der Waals surface area contributed by atoms with Crippen molar-refractivity contribution in [1.82, 2.24) is 9.55 Å². The van der Waals surface area contributed by atoms with Crippen molar-refractivity contribution in [3.8, 4) is 11.1 Å². The Morgan fingerprint density at radius 2 is 1.79 bits per heavy atom. The van der Waals surface area contributed by atoms with Crippen LogP contribution in [-0.2, 0) is 28.3 Å². The predicted octanol–water partition coefficient (Wildman–Crippen LogP) is 6.52. The van der Waals surface area contributed by atoms with Crippen LogP contribution in [0.3, 0.4) is 0 Å². The average Bonchev–Trinajstić information content (AvgIpc) is 3.66. The smallest absolute Gasteiger partial charge is 0.248 e. The lowest BCUT2D eigenvalue weighted by Gasteiger charge is -2.17. The van der Waals surface area contributed by atoms with Gasteiger partial charge in [0, 0.05) is 37.1 Å².